The van der Waals surface area contributed by atoms with Crippen LogP contribution in [0.5, 0.6) is 0 Å². The molecule has 0 bridgehead atoms. The molecule has 8 heavy (non-hydrogen) atoms. The molecule has 0 aliphatic heterocycles. The van der Waals surface area contributed by atoms with Crippen LogP contribution in [-0.4, -0.2) is 17.5 Å². The predicted octanol–water partition coefficient (Wildman–Crippen LogP) is 0.820. The molecule has 2 nitrogen and oxygen atoms in total. The number of halogens is 1. The third-order valence-corrected chi connectivity index (χ3v) is 2.74. The molecular weight excluding hydrogens is 140 g/mol. The van der Waals surface area contributed by atoms with Crippen LogP contribution in [0.25, 0.3) is 0 Å². The fourth-order valence-electron chi connectivity index (χ4n) is 0.480. The summed E-state index contributed by atoms with van der Waals surface area (Å²) in [6.07, 6.45) is 5.39. The molecule has 0 saturated carbocycles. The van der Waals surface area contributed by atoms with Gasteiger partial charge in [0, 0.05) is 12.4 Å². The van der Waals surface area contributed by atoms with Gasteiger partial charge in [-0.2, -0.15) is 0 Å². The van der Waals surface area contributed by atoms with Crippen LogP contribution in [0.1, 0.15) is 0 Å². The molecule has 1 atom stereocenters. The van der Waals surface area contributed by atoms with Gasteiger partial charge in [0.25, 0.3) is 0 Å². The van der Waals surface area contributed by atoms with Crippen molar-refractivity contribution in [2.75, 3.05) is 0 Å². The number of imidazole rings is 1. The van der Waals surface area contributed by atoms with E-state index in [1.54, 1.807) is 12.5 Å². The van der Waals surface area contributed by atoms with Gasteiger partial charge in [-0.15, -0.1) is 11.1 Å². The van der Waals surface area contributed by atoms with Gasteiger partial charge in [0.1, 0.15) is 0 Å². The quantitative estimate of drug-likeness (QED) is 0.424. The van der Waals surface area contributed by atoms with Crippen molar-refractivity contribution >= 4 is 19.3 Å². The normalized spacial score (nSPS) is 13.8. The topological polar surface area (TPSA) is 17.8 Å². The summed E-state index contributed by atoms with van der Waals surface area (Å²) in [6.45, 7) is 2.03. The summed E-state index contributed by atoms with van der Waals surface area (Å²) in [5.41, 5.74) is 0. The van der Waals surface area contributed by atoms with Gasteiger partial charge in [0.2, 0.25) is 8.27 Å². The summed E-state index contributed by atoms with van der Waals surface area (Å²) in [7, 11) is -1.15. The third-order valence-electron chi connectivity index (χ3n) is 0.936. The first-order valence-electron chi connectivity index (χ1n) is 2.42. The SMILES string of the molecule is C[SiH](Cl)n1ccnc1. The molecule has 44 valence electrons. The zero-order valence-electron chi connectivity index (χ0n) is 4.58. The third kappa shape index (κ3) is 1.11. The first-order chi connectivity index (χ1) is 3.80. The van der Waals surface area contributed by atoms with Crippen LogP contribution in [-0.2, 0) is 0 Å². The van der Waals surface area contributed by atoms with Gasteiger partial charge in [-0.3, -0.25) is 0 Å². The molecule has 0 amide bonds. The van der Waals surface area contributed by atoms with Crippen molar-refractivity contribution in [3.05, 3.63) is 18.7 Å². The van der Waals surface area contributed by atoms with E-state index in [9.17, 15) is 0 Å². The van der Waals surface area contributed by atoms with E-state index in [0.29, 0.717) is 0 Å². The molecule has 0 aromatic carbocycles. The van der Waals surface area contributed by atoms with E-state index in [1.165, 1.54) is 0 Å². The maximum atomic E-state index is 5.81. The molecule has 0 N–H and O–H groups in total. The Hall–Kier alpha value is -0.283. The molecule has 0 spiro atoms. The van der Waals surface area contributed by atoms with E-state index in [-0.39, 0.29) is 0 Å². The van der Waals surface area contributed by atoms with Crippen molar-refractivity contribution < 1.29 is 0 Å². The summed E-state index contributed by atoms with van der Waals surface area (Å²) in [6, 6.07) is 0. The lowest BCUT2D eigenvalue weighted by molar-refractivity contribution is 1.18. The van der Waals surface area contributed by atoms with Crippen LogP contribution in [0.4, 0.5) is 0 Å². The molecule has 1 aromatic rings. The van der Waals surface area contributed by atoms with E-state index in [1.807, 2.05) is 17.0 Å². The fourth-order valence-corrected chi connectivity index (χ4v) is 1.40. The highest BCUT2D eigenvalue weighted by Crippen LogP contribution is 1.92. The Morgan fingerprint density at radius 1 is 1.75 bits per heavy atom. The molecule has 4 heteroatoms. The highest BCUT2D eigenvalue weighted by Gasteiger charge is 1.97. The van der Waals surface area contributed by atoms with E-state index >= 15 is 0 Å². The van der Waals surface area contributed by atoms with Gasteiger partial charge in [-0.05, 0) is 6.55 Å². The second-order valence-electron chi connectivity index (χ2n) is 1.58. The van der Waals surface area contributed by atoms with Gasteiger partial charge in [0.05, 0.1) is 6.33 Å². The molecule has 0 aliphatic carbocycles. The molecular formula is C4H7ClN2Si. The second kappa shape index (κ2) is 2.33. The summed E-state index contributed by atoms with van der Waals surface area (Å²) in [5, 5.41) is 0. The largest absolute Gasteiger partial charge is 0.353 e. The zero-order valence-corrected chi connectivity index (χ0v) is 6.49. The number of hydrogen-bond donors (Lipinski definition) is 0. The van der Waals surface area contributed by atoms with Gasteiger partial charge in [0.15, 0.2) is 0 Å². The Kier molecular flexibility index (Phi) is 1.70. The molecule has 0 saturated heterocycles. The maximum Gasteiger partial charge on any atom is 0.242 e. The van der Waals surface area contributed by atoms with Crippen LogP contribution >= 0.6 is 11.1 Å². The van der Waals surface area contributed by atoms with Gasteiger partial charge < -0.3 is 4.23 Å². The van der Waals surface area contributed by atoms with Gasteiger partial charge >= 0.3 is 0 Å². The predicted molar refractivity (Wildman–Crippen MR) is 36.5 cm³/mol. The molecule has 0 radical (unpaired) electrons. The Morgan fingerprint density at radius 3 is 2.75 bits per heavy atom. The minimum absolute atomic E-state index is 1.15. The van der Waals surface area contributed by atoms with E-state index in [0.717, 1.165) is 0 Å². The highest BCUT2D eigenvalue weighted by molar-refractivity contribution is 7.05. The van der Waals surface area contributed by atoms with Crippen molar-refractivity contribution in [3.8, 4) is 0 Å². The summed E-state index contributed by atoms with van der Waals surface area (Å²) < 4.78 is 1.96. The van der Waals surface area contributed by atoms with Crippen LogP contribution < -0.4 is 0 Å². The average Bonchev–Trinajstić information content (AvgIpc) is 2.12. The lowest BCUT2D eigenvalue weighted by Gasteiger charge is -1.97. The number of rotatable bonds is 1. The van der Waals surface area contributed by atoms with Crippen molar-refractivity contribution in [1.29, 1.82) is 0 Å². The standard InChI is InChI=1S/C4H7ClN2Si/c1-8(5)7-3-2-6-4-7/h2-4,8H,1H3. The van der Waals surface area contributed by atoms with Crippen LogP contribution in [0, 0.1) is 0 Å². The smallest absolute Gasteiger partial charge is 0.242 e. The molecule has 0 fully saturated rings. The zero-order chi connectivity index (χ0) is 5.98. The van der Waals surface area contributed by atoms with E-state index in [4.69, 9.17) is 11.1 Å². The van der Waals surface area contributed by atoms with Crippen molar-refractivity contribution in [2.24, 2.45) is 0 Å². The Morgan fingerprint density at radius 2 is 2.50 bits per heavy atom. The Bertz CT molecular complexity index is 149. The number of aromatic nitrogens is 2. The highest BCUT2D eigenvalue weighted by atomic mass is 35.6. The minimum atomic E-state index is -1.15. The summed E-state index contributed by atoms with van der Waals surface area (Å²) in [5.74, 6) is 0. The van der Waals surface area contributed by atoms with Gasteiger partial charge in [-0.1, -0.05) is 0 Å². The van der Waals surface area contributed by atoms with E-state index < -0.39 is 8.27 Å². The molecule has 1 rings (SSSR count). The minimum Gasteiger partial charge on any atom is -0.353 e. The number of nitrogens with zero attached hydrogens (tertiary/aromatic N) is 2. The molecule has 1 unspecified atom stereocenters. The van der Waals surface area contributed by atoms with Crippen LogP contribution in [0.2, 0.25) is 6.55 Å². The lowest BCUT2D eigenvalue weighted by atomic mass is 11.0. The fraction of sp³-hybridized carbons (Fsp3) is 0.250. The van der Waals surface area contributed by atoms with Crippen molar-refractivity contribution in [2.45, 2.75) is 6.55 Å². The average molecular weight is 147 g/mol. The second-order valence-corrected chi connectivity index (χ2v) is 5.22. The first kappa shape index (κ1) is 5.85. The van der Waals surface area contributed by atoms with Crippen LogP contribution in [0.15, 0.2) is 18.7 Å². The maximum absolute atomic E-state index is 5.81. The monoisotopic (exact) mass is 146 g/mol. The molecule has 0 aliphatic rings. The Balaban J connectivity index is 2.77. The Labute approximate surface area is 54.5 Å². The van der Waals surface area contributed by atoms with E-state index in [2.05, 4.69) is 4.98 Å². The van der Waals surface area contributed by atoms with Crippen molar-refractivity contribution in [1.82, 2.24) is 9.22 Å². The molecule has 1 aromatic heterocycles. The summed E-state index contributed by atoms with van der Waals surface area (Å²) in [4.78, 5) is 3.86. The number of hydrogen-bond acceptors (Lipinski definition) is 1. The molecule has 1 heterocycles. The lowest BCUT2D eigenvalue weighted by Crippen LogP contribution is -2.09. The first-order valence-corrected chi connectivity index (χ1v) is 5.84. The van der Waals surface area contributed by atoms with Gasteiger partial charge in [-0.25, -0.2) is 4.98 Å². The van der Waals surface area contributed by atoms with Crippen molar-refractivity contribution in [3.63, 3.8) is 0 Å². The summed E-state index contributed by atoms with van der Waals surface area (Å²) >= 11 is 5.81. The van der Waals surface area contributed by atoms with Crippen LogP contribution in [0.3, 0.4) is 0 Å².